The predicted octanol–water partition coefficient (Wildman–Crippen LogP) is 3.62. The molecular weight excluding hydrogens is 346 g/mol. The molecular formula is C20H25N3O2S. The van der Waals surface area contributed by atoms with Crippen molar-refractivity contribution in [1.82, 2.24) is 10.3 Å². The number of fused-ring (bicyclic) bond motifs is 1. The number of benzene rings is 1. The van der Waals surface area contributed by atoms with Crippen LogP contribution in [0.3, 0.4) is 0 Å². The Balaban J connectivity index is 1.44. The molecule has 138 valence electrons. The summed E-state index contributed by atoms with van der Waals surface area (Å²) in [5.74, 6) is -0.267. The van der Waals surface area contributed by atoms with Crippen LogP contribution in [0.15, 0.2) is 29.6 Å². The number of rotatable bonds is 6. The summed E-state index contributed by atoms with van der Waals surface area (Å²) in [5, 5.41) is 8.94. The van der Waals surface area contributed by atoms with Crippen LogP contribution in [0.4, 0.5) is 5.69 Å². The summed E-state index contributed by atoms with van der Waals surface area (Å²) in [4.78, 5) is 28.8. The first kappa shape index (κ1) is 18.6. The number of anilines is 1. The quantitative estimate of drug-likeness (QED) is 0.815. The number of para-hydroxylation sites is 1. The van der Waals surface area contributed by atoms with Crippen molar-refractivity contribution in [3.8, 4) is 0 Å². The van der Waals surface area contributed by atoms with Crippen molar-refractivity contribution in [2.24, 2.45) is 0 Å². The molecule has 26 heavy (non-hydrogen) atoms. The van der Waals surface area contributed by atoms with E-state index in [0.717, 1.165) is 28.4 Å². The number of nitrogens with zero attached hydrogens (tertiary/aromatic N) is 1. The van der Waals surface area contributed by atoms with E-state index in [2.05, 4.69) is 41.8 Å². The molecule has 1 atom stereocenters. The van der Waals surface area contributed by atoms with Gasteiger partial charge in [0, 0.05) is 35.9 Å². The Morgan fingerprint density at radius 1 is 1.31 bits per heavy atom. The topological polar surface area (TPSA) is 71.1 Å². The van der Waals surface area contributed by atoms with Gasteiger partial charge in [-0.1, -0.05) is 39.0 Å². The SMILES string of the molecule is CC(C)(C)c1csc(CCNC(=O)CC[C@@H]2C(=O)Nc3ccccc32)n1. The van der Waals surface area contributed by atoms with Gasteiger partial charge in [0.2, 0.25) is 11.8 Å². The normalized spacial score (nSPS) is 16.3. The van der Waals surface area contributed by atoms with E-state index in [1.807, 2.05) is 24.3 Å². The highest BCUT2D eigenvalue weighted by Gasteiger charge is 2.30. The number of thiazole rings is 1. The van der Waals surface area contributed by atoms with Gasteiger partial charge in [-0.15, -0.1) is 11.3 Å². The average Bonchev–Trinajstić information content (AvgIpc) is 3.17. The Hall–Kier alpha value is -2.21. The smallest absolute Gasteiger partial charge is 0.232 e. The maximum absolute atomic E-state index is 12.1. The lowest BCUT2D eigenvalue weighted by Crippen LogP contribution is -2.26. The number of carbonyl (C=O) groups is 2. The van der Waals surface area contributed by atoms with Crippen LogP contribution in [0.1, 0.15) is 55.8 Å². The fourth-order valence-electron chi connectivity index (χ4n) is 3.01. The first-order chi connectivity index (χ1) is 12.3. The highest BCUT2D eigenvalue weighted by Crippen LogP contribution is 2.34. The summed E-state index contributed by atoms with van der Waals surface area (Å²) in [7, 11) is 0. The van der Waals surface area contributed by atoms with E-state index in [9.17, 15) is 9.59 Å². The van der Waals surface area contributed by atoms with E-state index < -0.39 is 0 Å². The lowest BCUT2D eigenvalue weighted by molar-refractivity contribution is -0.121. The molecule has 0 radical (unpaired) electrons. The summed E-state index contributed by atoms with van der Waals surface area (Å²) in [6.45, 7) is 7.00. The number of amides is 2. The van der Waals surface area contributed by atoms with Gasteiger partial charge in [-0.25, -0.2) is 4.98 Å². The highest BCUT2D eigenvalue weighted by atomic mass is 32.1. The summed E-state index contributed by atoms with van der Waals surface area (Å²) in [6, 6.07) is 7.67. The monoisotopic (exact) mass is 371 g/mol. The van der Waals surface area contributed by atoms with Crippen molar-refractivity contribution in [2.75, 3.05) is 11.9 Å². The Morgan fingerprint density at radius 2 is 2.08 bits per heavy atom. The maximum Gasteiger partial charge on any atom is 0.232 e. The van der Waals surface area contributed by atoms with Crippen molar-refractivity contribution in [2.45, 2.75) is 51.4 Å². The van der Waals surface area contributed by atoms with Gasteiger partial charge < -0.3 is 10.6 Å². The fourth-order valence-corrected chi connectivity index (χ4v) is 4.03. The van der Waals surface area contributed by atoms with Crippen LogP contribution >= 0.6 is 11.3 Å². The predicted molar refractivity (Wildman–Crippen MR) is 105 cm³/mol. The van der Waals surface area contributed by atoms with Crippen LogP contribution in [0.5, 0.6) is 0 Å². The minimum absolute atomic E-state index is 0.0171. The van der Waals surface area contributed by atoms with Gasteiger partial charge in [0.25, 0.3) is 0 Å². The minimum Gasteiger partial charge on any atom is -0.356 e. The molecule has 2 heterocycles. The Kier molecular flexibility index (Phi) is 5.41. The summed E-state index contributed by atoms with van der Waals surface area (Å²) in [5.41, 5.74) is 3.00. The van der Waals surface area contributed by atoms with Crippen LogP contribution in [0.2, 0.25) is 0 Å². The Labute approximate surface area is 158 Å². The molecule has 1 aromatic carbocycles. The molecule has 0 fully saturated rings. The van der Waals surface area contributed by atoms with Crippen LogP contribution in [-0.4, -0.2) is 23.3 Å². The van der Waals surface area contributed by atoms with E-state index in [4.69, 9.17) is 0 Å². The molecule has 1 aromatic heterocycles. The summed E-state index contributed by atoms with van der Waals surface area (Å²) < 4.78 is 0. The summed E-state index contributed by atoms with van der Waals surface area (Å²) in [6.07, 6.45) is 1.61. The van der Waals surface area contributed by atoms with Gasteiger partial charge in [-0.05, 0) is 18.1 Å². The third kappa shape index (κ3) is 4.30. The Bertz CT molecular complexity index is 807. The van der Waals surface area contributed by atoms with E-state index in [-0.39, 0.29) is 23.1 Å². The third-order valence-electron chi connectivity index (χ3n) is 4.55. The first-order valence-corrected chi connectivity index (χ1v) is 9.84. The van der Waals surface area contributed by atoms with Crippen LogP contribution in [0.25, 0.3) is 0 Å². The number of nitrogens with one attached hydrogen (secondary N) is 2. The van der Waals surface area contributed by atoms with Crippen molar-refractivity contribution in [3.05, 3.63) is 45.9 Å². The zero-order valence-electron chi connectivity index (χ0n) is 15.5. The van der Waals surface area contributed by atoms with E-state index >= 15 is 0 Å². The second-order valence-electron chi connectivity index (χ2n) is 7.64. The molecule has 0 spiro atoms. The van der Waals surface area contributed by atoms with Crippen LogP contribution in [0, 0.1) is 0 Å². The molecule has 1 aliphatic heterocycles. The van der Waals surface area contributed by atoms with E-state index in [1.165, 1.54) is 0 Å². The number of carbonyl (C=O) groups excluding carboxylic acids is 2. The van der Waals surface area contributed by atoms with Crippen molar-refractivity contribution in [3.63, 3.8) is 0 Å². The molecule has 0 aliphatic carbocycles. The zero-order valence-corrected chi connectivity index (χ0v) is 16.3. The van der Waals surface area contributed by atoms with Gasteiger partial charge in [-0.2, -0.15) is 0 Å². The molecule has 6 heteroatoms. The van der Waals surface area contributed by atoms with Gasteiger partial charge in [0.1, 0.15) is 0 Å². The molecule has 0 unspecified atom stereocenters. The highest BCUT2D eigenvalue weighted by molar-refractivity contribution is 7.09. The molecule has 0 saturated heterocycles. The molecule has 2 N–H and O–H groups in total. The van der Waals surface area contributed by atoms with Crippen molar-refractivity contribution >= 4 is 28.8 Å². The molecule has 2 aromatic rings. The first-order valence-electron chi connectivity index (χ1n) is 8.96. The van der Waals surface area contributed by atoms with Crippen molar-refractivity contribution in [1.29, 1.82) is 0 Å². The summed E-state index contributed by atoms with van der Waals surface area (Å²) >= 11 is 1.64. The maximum atomic E-state index is 12.1. The van der Waals surface area contributed by atoms with Gasteiger partial charge >= 0.3 is 0 Å². The second kappa shape index (κ2) is 7.58. The van der Waals surface area contributed by atoms with E-state index in [0.29, 0.717) is 19.4 Å². The van der Waals surface area contributed by atoms with Gasteiger partial charge in [0.15, 0.2) is 0 Å². The second-order valence-corrected chi connectivity index (χ2v) is 8.59. The molecule has 2 amide bonds. The average molecular weight is 372 g/mol. The molecule has 3 rings (SSSR count). The fraction of sp³-hybridized carbons (Fsp3) is 0.450. The largest absolute Gasteiger partial charge is 0.356 e. The minimum atomic E-state index is -0.231. The number of hydrogen-bond donors (Lipinski definition) is 2. The van der Waals surface area contributed by atoms with Crippen LogP contribution in [-0.2, 0) is 21.4 Å². The number of aromatic nitrogens is 1. The lowest BCUT2D eigenvalue weighted by atomic mass is 9.93. The van der Waals surface area contributed by atoms with Crippen molar-refractivity contribution < 1.29 is 9.59 Å². The molecule has 0 bridgehead atoms. The molecule has 1 aliphatic rings. The standard InChI is InChI=1S/C20H25N3O2S/c1-20(2,3)16-12-26-18(23-16)10-11-21-17(24)9-8-14-13-6-4-5-7-15(13)22-19(14)25/h4-7,12,14H,8-11H2,1-3H3,(H,21,24)(H,22,25)/t14-/m0/s1. The number of hydrogen-bond acceptors (Lipinski definition) is 4. The zero-order chi connectivity index (χ0) is 18.7. The van der Waals surface area contributed by atoms with Gasteiger partial charge in [0.05, 0.1) is 16.6 Å². The van der Waals surface area contributed by atoms with E-state index in [1.54, 1.807) is 11.3 Å². The third-order valence-corrected chi connectivity index (χ3v) is 5.46. The Morgan fingerprint density at radius 3 is 2.81 bits per heavy atom. The van der Waals surface area contributed by atoms with Crippen LogP contribution < -0.4 is 10.6 Å². The molecule has 0 saturated carbocycles. The lowest BCUT2D eigenvalue weighted by Gasteiger charge is -2.14. The molecule has 5 nitrogen and oxygen atoms in total. The van der Waals surface area contributed by atoms with Gasteiger partial charge in [-0.3, -0.25) is 9.59 Å².